The Labute approximate surface area is 168 Å². The fraction of sp³-hybridized carbons (Fsp3) is 0.333. The Kier molecular flexibility index (Phi) is 5.34. The van der Waals surface area contributed by atoms with E-state index in [1.807, 2.05) is 5.38 Å². The number of aryl methyl sites for hydroxylation is 2. The number of nitrogens with zero attached hydrogens (tertiary/aromatic N) is 4. The van der Waals surface area contributed by atoms with E-state index in [0.29, 0.717) is 11.7 Å². The molecule has 7 heteroatoms. The first-order valence-electron chi connectivity index (χ1n) is 9.45. The molecular formula is C21H23N5OS. The van der Waals surface area contributed by atoms with Gasteiger partial charge in [0.25, 0.3) is 0 Å². The molecule has 2 aromatic heterocycles. The smallest absolute Gasteiger partial charge is 0.231 e. The fourth-order valence-corrected chi connectivity index (χ4v) is 4.33. The van der Waals surface area contributed by atoms with Gasteiger partial charge in [-0.05, 0) is 32.3 Å². The normalized spacial score (nSPS) is 16.8. The Morgan fingerprint density at radius 1 is 1.29 bits per heavy atom. The van der Waals surface area contributed by atoms with Crippen molar-refractivity contribution in [2.24, 2.45) is 5.92 Å². The molecule has 0 spiro atoms. The van der Waals surface area contributed by atoms with Gasteiger partial charge in [-0.1, -0.05) is 23.8 Å². The van der Waals surface area contributed by atoms with E-state index in [1.54, 1.807) is 18.6 Å². The number of anilines is 2. The SMILES string of the molecule is Cc1ccc(-c2csc(NC(=O)C3CCCN(c4cnccn4)C3)n2)c(C)c1. The van der Waals surface area contributed by atoms with Crippen LogP contribution in [0.2, 0.25) is 0 Å². The minimum atomic E-state index is -0.0794. The number of aromatic nitrogens is 3. The number of carbonyl (C=O) groups excluding carboxylic acids is 1. The monoisotopic (exact) mass is 393 g/mol. The van der Waals surface area contributed by atoms with Crippen molar-refractivity contribution in [3.05, 3.63) is 53.3 Å². The fourth-order valence-electron chi connectivity index (χ4n) is 3.62. The molecule has 3 aromatic rings. The van der Waals surface area contributed by atoms with E-state index in [9.17, 15) is 4.79 Å². The van der Waals surface area contributed by atoms with E-state index in [-0.39, 0.29) is 11.8 Å². The highest BCUT2D eigenvalue weighted by Gasteiger charge is 2.27. The highest BCUT2D eigenvalue weighted by Crippen LogP contribution is 2.29. The van der Waals surface area contributed by atoms with Gasteiger partial charge in [-0.25, -0.2) is 9.97 Å². The predicted octanol–water partition coefficient (Wildman–Crippen LogP) is 4.07. The second-order valence-corrected chi connectivity index (χ2v) is 8.05. The van der Waals surface area contributed by atoms with Gasteiger partial charge in [0.05, 0.1) is 17.8 Å². The molecule has 1 aliphatic rings. The number of piperidine rings is 1. The molecule has 0 saturated carbocycles. The van der Waals surface area contributed by atoms with Crippen molar-refractivity contribution in [2.75, 3.05) is 23.3 Å². The predicted molar refractivity (Wildman–Crippen MR) is 113 cm³/mol. The zero-order chi connectivity index (χ0) is 19.5. The zero-order valence-corrected chi connectivity index (χ0v) is 16.9. The minimum Gasteiger partial charge on any atom is -0.355 e. The molecule has 1 saturated heterocycles. The van der Waals surface area contributed by atoms with Crippen molar-refractivity contribution in [1.82, 2.24) is 15.0 Å². The molecule has 1 unspecified atom stereocenters. The van der Waals surface area contributed by atoms with Gasteiger partial charge in [0, 0.05) is 36.4 Å². The lowest BCUT2D eigenvalue weighted by molar-refractivity contribution is -0.120. The van der Waals surface area contributed by atoms with Crippen molar-refractivity contribution in [1.29, 1.82) is 0 Å². The van der Waals surface area contributed by atoms with E-state index < -0.39 is 0 Å². The first-order valence-corrected chi connectivity index (χ1v) is 10.3. The highest BCUT2D eigenvalue weighted by molar-refractivity contribution is 7.14. The van der Waals surface area contributed by atoms with E-state index in [1.165, 1.54) is 22.5 Å². The maximum atomic E-state index is 12.8. The summed E-state index contributed by atoms with van der Waals surface area (Å²) in [5.41, 5.74) is 4.43. The number of thiazole rings is 1. The first-order chi connectivity index (χ1) is 13.6. The molecule has 1 fully saturated rings. The molecular weight excluding hydrogens is 370 g/mol. The molecule has 1 N–H and O–H groups in total. The summed E-state index contributed by atoms with van der Waals surface area (Å²) in [6.07, 6.45) is 6.92. The molecule has 28 heavy (non-hydrogen) atoms. The third kappa shape index (κ3) is 4.04. The lowest BCUT2D eigenvalue weighted by atomic mass is 9.97. The Bertz CT molecular complexity index is 972. The van der Waals surface area contributed by atoms with Crippen LogP contribution in [0.15, 0.2) is 42.2 Å². The van der Waals surface area contributed by atoms with Crippen LogP contribution < -0.4 is 10.2 Å². The second kappa shape index (κ2) is 8.06. The molecule has 1 atom stereocenters. The zero-order valence-electron chi connectivity index (χ0n) is 16.1. The summed E-state index contributed by atoms with van der Waals surface area (Å²) in [5.74, 6) is 0.769. The minimum absolute atomic E-state index is 0.0233. The van der Waals surface area contributed by atoms with Crippen molar-refractivity contribution >= 4 is 28.2 Å². The van der Waals surface area contributed by atoms with Crippen molar-refractivity contribution in [3.8, 4) is 11.3 Å². The topological polar surface area (TPSA) is 71.0 Å². The van der Waals surface area contributed by atoms with Gasteiger partial charge in [0.1, 0.15) is 5.82 Å². The van der Waals surface area contributed by atoms with Crippen molar-refractivity contribution in [3.63, 3.8) is 0 Å². The Balaban J connectivity index is 1.43. The van der Waals surface area contributed by atoms with Crippen molar-refractivity contribution in [2.45, 2.75) is 26.7 Å². The first kappa shape index (κ1) is 18.6. The van der Waals surface area contributed by atoms with Gasteiger partial charge in [0.15, 0.2) is 5.13 Å². The third-order valence-electron chi connectivity index (χ3n) is 5.06. The molecule has 4 rings (SSSR count). The van der Waals surface area contributed by atoms with Gasteiger partial charge in [-0.3, -0.25) is 9.78 Å². The maximum absolute atomic E-state index is 12.8. The molecule has 1 amide bonds. The number of hydrogen-bond donors (Lipinski definition) is 1. The summed E-state index contributed by atoms with van der Waals surface area (Å²) >= 11 is 1.47. The van der Waals surface area contributed by atoms with Crippen LogP contribution in [0, 0.1) is 19.8 Å². The summed E-state index contributed by atoms with van der Waals surface area (Å²) < 4.78 is 0. The molecule has 0 aliphatic carbocycles. The van der Waals surface area contributed by atoms with Crippen LogP contribution in [0.4, 0.5) is 10.9 Å². The summed E-state index contributed by atoms with van der Waals surface area (Å²) in [7, 11) is 0. The lowest BCUT2D eigenvalue weighted by Crippen LogP contribution is -2.41. The van der Waals surface area contributed by atoms with Gasteiger partial charge in [-0.15, -0.1) is 11.3 Å². The van der Waals surface area contributed by atoms with Crippen molar-refractivity contribution < 1.29 is 4.79 Å². The molecule has 1 aromatic carbocycles. The van der Waals surface area contributed by atoms with Gasteiger partial charge in [0.2, 0.25) is 5.91 Å². The number of benzene rings is 1. The maximum Gasteiger partial charge on any atom is 0.231 e. The molecule has 6 nitrogen and oxygen atoms in total. The quantitative estimate of drug-likeness (QED) is 0.723. The average molecular weight is 394 g/mol. The van der Waals surface area contributed by atoms with Crippen LogP contribution in [0.3, 0.4) is 0 Å². The van der Waals surface area contributed by atoms with E-state index in [0.717, 1.165) is 36.5 Å². The molecule has 0 bridgehead atoms. The largest absolute Gasteiger partial charge is 0.355 e. The van der Waals surface area contributed by atoms with E-state index in [4.69, 9.17) is 0 Å². The Morgan fingerprint density at radius 2 is 2.18 bits per heavy atom. The van der Waals surface area contributed by atoms with E-state index in [2.05, 4.69) is 57.2 Å². The number of rotatable bonds is 4. The van der Waals surface area contributed by atoms with Crippen LogP contribution in [0.5, 0.6) is 0 Å². The Morgan fingerprint density at radius 3 is 2.96 bits per heavy atom. The summed E-state index contributed by atoms with van der Waals surface area (Å²) in [5, 5.41) is 5.66. The van der Waals surface area contributed by atoms with Crippen LogP contribution in [0.1, 0.15) is 24.0 Å². The Hall–Kier alpha value is -2.80. The molecule has 144 valence electrons. The molecule has 0 radical (unpaired) electrons. The number of carbonyl (C=O) groups is 1. The highest BCUT2D eigenvalue weighted by atomic mass is 32.1. The number of amides is 1. The molecule has 3 heterocycles. The van der Waals surface area contributed by atoms with E-state index >= 15 is 0 Å². The van der Waals surface area contributed by atoms with Crippen LogP contribution >= 0.6 is 11.3 Å². The number of hydrogen-bond acceptors (Lipinski definition) is 6. The number of nitrogens with one attached hydrogen (secondary N) is 1. The third-order valence-corrected chi connectivity index (χ3v) is 5.82. The van der Waals surface area contributed by atoms with Crippen LogP contribution in [-0.2, 0) is 4.79 Å². The average Bonchev–Trinajstić information content (AvgIpc) is 3.17. The van der Waals surface area contributed by atoms with Gasteiger partial charge < -0.3 is 10.2 Å². The summed E-state index contributed by atoms with van der Waals surface area (Å²) in [6, 6.07) is 6.32. The van der Waals surface area contributed by atoms with Crippen LogP contribution in [0.25, 0.3) is 11.3 Å². The lowest BCUT2D eigenvalue weighted by Gasteiger charge is -2.32. The van der Waals surface area contributed by atoms with Crippen LogP contribution in [-0.4, -0.2) is 33.9 Å². The van der Waals surface area contributed by atoms with Gasteiger partial charge >= 0.3 is 0 Å². The summed E-state index contributed by atoms with van der Waals surface area (Å²) in [6.45, 7) is 5.72. The standard InChI is InChI=1S/C21H23N5OS/c1-14-5-6-17(15(2)10-14)18-13-28-21(24-18)25-20(27)16-4-3-9-26(12-16)19-11-22-7-8-23-19/h5-8,10-11,13,16H,3-4,9,12H2,1-2H3,(H,24,25,27). The second-order valence-electron chi connectivity index (χ2n) is 7.19. The summed E-state index contributed by atoms with van der Waals surface area (Å²) in [4.78, 5) is 28.0. The molecule has 1 aliphatic heterocycles. The van der Waals surface area contributed by atoms with Gasteiger partial charge in [-0.2, -0.15) is 0 Å².